The molecule has 2 amide bonds. The van der Waals surface area contributed by atoms with E-state index in [0.29, 0.717) is 13.0 Å². The maximum absolute atomic E-state index is 12.4. The number of ether oxygens (including phenoxy) is 1. The van der Waals surface area contributed by atoms with Crippen molar-refractivity contribution in [3.63, 3.8) is 0 Å². The molecule has 1 heterocycles. The van der Waals surface area contributed by atoms with Crippen LogP contribution in [0.4, 0.5) is 5.69 Å². The van der Waals surface area contributed by atoms with Crippen molar-refractivity contribution in [1.82, 2.24) is 4.90 Å². The Balaban J connectivity index is 1.31. The second-order valence-corrected chi connectivity index (χ2v) is 7.63. The molecule has 1 fully saturated rings. The van der Waals surface area contributed by atoms with Crippen molar-refractivity contribution in [3.05, 3.63) is 84.4 Å². The highest BCUT2D eigenvalue weighted by atomic mass is 16.5. The zero-order valence-corrected chi connectivity index (χ0v) is 17.4. The van der Waals surface area contributed by atoms with Crippen LogP contribution in [0.1, 0.15) is 24.8 Å². The van der Waals surface area contributed by atoms with E-state index in [1.807, 2.05) is 83.8 Å². The second kappa shape index (κ2) is 9.94. The number of likely N-dealkylation sites (tertiary alicyclic amines) is 1. The van der Waals surface area contributed by atoms with E-state index >= 15 is 0 Å². The standard InChI is InChI=1S/C26H26N2O3/c29-25(27-22-11-6-8-20(18-22)19-28-16-7-14-26(28)30)15-17-31-24-13-5-4-12-23(24)21-9-2-1-3-10-21/h1-6,8-13,18H,7,14-17,19H2,(H,27,29). The van der Waals surface area contributed by atoms with Gasteiger partial charge in [-0.2, -0.15) is 0 Å². The highest BCUT2D eigenvalue weighted by molar-refractivity contribution is 5.90. The summed E-state index contributed by atoms with van der Waals surface area (Å²) < 4.78 is 5.92. The summed E-state index contributed by atoms with van der Waals surface area (Å²) in [4.78, 5) is 26.1. The first-order chi connectivity index (χ1) is 15.2. The van der Waals surface area contributed by atoms with Crippen molar-refractivity contribution in [2.24, 2.45) is 0 Å². The highest BCUT2D eigenvalue weighted by Crippen LogP contribution is 2.29. The van der Waals surface area contributed by atoms with Gasteiger partial charge < -0.3 is 15.0 Å². The Morgan fingerprint density at radius 2 is 1.77 bits per heavy atom. The van der Waals surface area contributed by atoms with Gasteiger partial charge in [0.05, 0.1) is 13.0 Å². The van der Waals surface area contributed by atoms with Gasteiger partial charge in [-0.05, 0) is 35.7 Å². The monoisotopic (exact) mass is 414 g/mol. The molecule has 0 aliphatic carbocycles. The number of carbonyl (C=O) groups excluding carboxylic acids is 2. The predicted molar refractivity (Wildman–Crippen MR) is 122 cm³/mol. The Morgan fingerprint density at radius 1 is 0.968 bits per heavy atom. The van der Waals surface area contributed by atoms with Crippen LogP contribution in [0.2, 0.25) is 0 Å². The summed E-state index contributed by atoms with van der Waals surface area (Å²) in [6.45, 7) is 1.68. The third kappa shape index (κ3) is 5.51. The first-order valence-electron chi connectivity index (χ1n) is 10.6. The van der Waals surface area contributed by atoms with Crippen LogP contribution in [0.25, 0.3) is 11.1 Å². The number of anilines is 1. The Bertz CT molecular complexity index is 1050. The van der Waals surface area contributed by atoms with Gasteiger partial charge in [0.15, 0.2) is 0 Å². The minimum Gasteiger partial charge on any atom is -0.492 e. The lowest BCUT2D eigenvalue weighted by Crippen LogP contribution is -2.23. The van der Waals surface area contributed by atoms with Gasteiger partial charge in [-0.15, -0.1) is 0 Å². The molecule has 0 radical (unpaired) electrons. The third-order valence-corrected chi connectivity index (χ3v) is 5.31. The molecule has 1 aliphatic heterocycles. The number of amides is 2. The van der Waals surface area contributed by atoms with Crippen LogP contribution in [-0.2, 0) is 16.1 Å². The van der Waals surface area contributed by atoms with E-state index in [4.69, 9.17) is 4.74 Å². The molecular formula is C26H26N2O3. The molecule has 0 spiro atoms. The second-order valence-electron chi connectivity index (χ2n) is 7.63. The lowest BCUT2D eigenvalue weighted by atomic mass is 10.1. The van der Waals surface area contributed by atoms with E-state index < -0.39 is 0 Å². The maximum Gasteiger partial charge on any atom is 0.227 e. The van der Waals surface area contributed by atoms with Crippen LogP contribution in [0, 0.1) is 0 Å². The zero-order chi connectivity index (χ0) is 21.5. The number of hydrogen-bond acceptors (Lipinski definition) is 3. The van der Waals surface area contributed by atoms with Crippen molar-refractivity contribution in [2.75, 3.05) is 18.5 Å². The molecule has 31 heavy (non-hydrogen) atoms. The van der Waals surface area contributed by atoms with Gasteiger partial charge in [0.25, 0.3) is 0 Å². The van der Waals surface area contributed by atoms with Crippen LogP contribution in [-0.4, -0.2) is 29.9 Å². The molecule has 0 unspecified atom stereocenters. The number of para-hydroxylation sites is 1. The Morgan fingerprint density at radius 3 is 2.58 bits per heavy atom. The summed E-state index contributed by atoms with van der Waals surface area (Å²) in [6, 6.07) is 25.6. The van der Waals surface area contributed by atoms with Gasteiger partial charge in [-0.25, -0.2) is 0 Å². The molecule has 1 aliphatic rings. The minimum atomic E-state index is -0.105. The predicted octanol–water partition coefficient (Wildman–Crippen LogP) is 4.88. The number of nitrogens with zero attached hydrogens (tertiary/aromatic N) is 1. The molecule has 3 aromatic carbocycles. The summed E-state index contributed by atoms with van der Waals surface area (Å²) in [7, 11) is 0. The summed E-state index contributed by atoms with van der Waals surface area (Å²) in [5.74, 6) is 0.854. The van der Waals surface area contributed by atoms with Crippen LogP contribution < -0.4 is 10.1 Å². The molecule has 0 aromatic heterocycles. The highest BCUT2D eigenvalue weighted by Gasteiger charge is 2.20. The molecule has 3 aromatic rings. The van der Waals surface area contributed by atoms with E-state index in [1.165, 1.54) is 0 Å². The first-order valence-corrected chi connectivity index (χ1v) is 10.6. The number of carbonyl (C=O) groups is 2. The van der Waals surface area contributed by atoms with E-state index in [0.717, 1.165) is 41.1 Å². The fourth-order valence-electron chi connectivity index (χ4n) is 3.76. The average molecular weight is 415 g/mol. The van der Waals surface area contributed by atoms with E-state index in [2.05, 4.69) is 5.32 Å². The van der Waals surface area contributed by atoms with Crippen LogP contribution in [0.15, 0.2) is 78.9 Å². The molecule has 0 bridgehead atoms. The fourth-order valence-corrected chi connectivity index (χ4v) is 3.76. The van der Waals surface area contributed by atoms with Crippen LogP contribution in [0.5, 0.6) is 5.75 Å². The Labute approximate surface area is 182 Å². The van der Waals surface area contributed by atoms with E-state index in [-0.39, 0.29) is 24.8 Å². The fraction of sp³-hybridized carbons (Fsp3) is 0.231. The molecule has 0 atom stereocenters. The summed E-state index contributed by atoms with van der Waals surface area (Å²) in [6.07, 6.45) is 1.80. The van der Waals surface area contributed by atoms with Gasteiger partial charge in [0.2, 0.25) is 11.8 Å². The van der Waals surface area contributed by atoms with Gasteiger partial charge >= 0.3 is 0 Å². The quantitative estimate of drug-likeness (QED) is 0.571. The largest absolute Gasteiger partial charge is 0.492 e. The lowest BCUT2D eigenvalue weighted by Gasteiger charge is -2.16. The molecule has 5 nitrogen and oxygen atoms in total. The van der Waals surface area contributed by atoms with E-state index in [9.17, 15) is 9.59 Å². The zero-order valence-electron chi connectivity index (χ0n) is 17.4. The number of benzene rings is 3. The van der Waals surface area contributed by atoms with Crippen LogP contribution >= 0.6 is 0 Å². The molecule has 1 N–H and O–H groups in total. The minimum absolute atomic E-state index is 0.105. The Hall–Kier alpha value is -3.60. The normalized spacial score (nSPS) is 13.3. The molecule has 158 valence electrons. The third-order valence-electron chi connectivity index (χ3n) is 5.31. The Kier molecular flexibility index (Phi) is 6.62. The average Bonchev–Trinajstić information content (AvgIpc) is 3.19. The molecule has 0 saturated carbocycles. The smallest absolute Gasteiger partial charge is 0.227 e. The molecular weight excluding hydrogens is 388 g/mol. The van der Waals surface area contributed by atoms with Crippen molar-refractivity contribution >= 4 is 17.5 Å². The number of rotatable bonds is 8. The lowest BCUT2D eigenvalue weighted by molar-refractivity contribution is -0.128. The summed E-state index contributed by atoms with van der Waals surface area (Å²) in [5.41, 5.74) is 3.84. The molecule has 1 saturated heterocycles. The first kappa shape index (κ1) is 20.7. The number of nitrogens with one attached hydrogen (secondary N) is 1. The summed E-state index contributed by atoms with van der Waals surface area (Å²) >= 11 is 0. The summed E-state index contributed by atoms with van der Waals surface area (Å²) in [5, 5.41) is 2.93. The van der Waals surface area contributed by atoms with Crippen molar-refractivity contribution < 1.29 is 14.3 Å². The maximum atomic E-state index is 12.4. The van der Waals surface area contributed by atoms with Gasteiger partial charge in [0, 0.05) is 30.8 Å². The SMILES string of the molecule is O=C(CCOc1ccccc1-c1ccccc1)Nc1cccc(CN2CCCC2=O)c1. The van der Waals surface area contributed by atoms with Gasteiger partial charge in [0.1, 0.15) is 5.75 Å². The van der Waals surface area contributed by atoms with Crippen molar-refractivity contribution in [2.45, 2.75) is 25.8 Å². The van der Waals surface area contributed by atoms with Crippen molar-refractivity contribution in [1.29, 1.82) is 0 Å². The molecule has 4 rings (SSSR count). The van der Waals surface area contributed by atoms with Gasteiger partial charge in [-0.3, -0.25) is 9.59 Å². The number of hydrogen-bond donors (Lipinski definition) is 1. The van der Waals surface area contributed by atoms with E-state index in [1.54, 1.807) is 0 Å². The van der Waals surface area contributed by atoms with Crippen molar-refractivity contribution in [3.8, 4) is 16.9 Å². The van der Waals surface area contributed by atoms with Crippen LogP contribution in [0.3, 0.4) is 0 Å². The molecule has 5 heteroatoms. The van der Waals surface area contributed by atoms with Gasteiger partial charge in [-0.1, -0.05) is 60.7 Å². The topological polar surface area (TPSA) is 58.6 Å².